The van der Waals surface area contributed by atoms with Crippen LogP contribution in [0.5, 0.6) is 0 Å². The molecule has 3 atom stereocenters. The molecule has 0 saturated heterocycles. The Morgan fingerprint density at radius 1 is 0.739 bits per heavy atom. The average molecular weight is 724 g/mol. The fourth-order valence-electron chi connectivity index (χ4n) is 8.77. The van der Waals surface area contributed by atoms with E-state index in [0.717, 1.165) is 26.6 Å². The lowest BCUT2D eigenvalue weighted by atomic mass is 9.81. The van der Waals surface area contributed by atoms with E-state index in [0.29, 0.717) is 17.8 Å². The molecule has 2 bridgehead atoms. The van der Waals surface area contributed by atoms with Crippen LogP contribution >= 0.6 is 31.9 Å². The van der Waals surface area contributed by atoms with Gasteiger partial charge in [0.2, 0.25) is 0 Å². The molecule has 46 heavy (non-hydrogen) atoms. The maximum atomic E-state index is 5.68. The van der Waals surface area contributed by atoms with Crippen molar-refractivity contribution in [3.8, 4) is 11.3 Å². The van der Waals surface area contributed by atoms with E-state index >= 15 is 0 Å². The molecule has 0 radical (unpaired) electrons. The second-order valence-electron chi connectivity index (χ2n) is 13.3. The summed E-state index contributed by atoms with van der Waals surface area (Å²) in [5, 5.41) is 7.84. The lowest BCUT2D eigenvalue weighted by Crippen LogP contribution is -2.09. The number of fused-ring (bicyclic) bond motifs is 11. The number of rotatable bonds is 3. The molecule has 0 fully saturated rings. The molecule has 3 unspecified atom stereocenters. The fourth-order valence-corrected chi connectivity index (χ4v) is 9.49. The van der Waals surface area contributed by atoms with Crippen LogP contribution in [0.2, 0.25) is 0 Å². The number of benzene rings is 6. The van der Waals surface area contributed by atoms with Gasteiger partial charge in [0.05, 0.1) is 11.2 Å². The van der Waals surface area contributed by atoms with E-state index in [-0.39, 0.29) is 0 Å². The molecule has 0 N–H and O–H groups in total. The summed E-state index contributed by atoms with van der Waals surface area (Å²) < 4.78 is 2.24. The Hall–Kier alpha value is -3.79. The summed E-state index contributed by atoms with van der Waals surface area (Å²) in [6, 6.07) is 34.4. The van der Waals surface area contributed by atoms with Crippen molar-refractivity contribution in [1.29, 1.82) is 0 Å². The number of hydrogen-bond donors (Lipinski definition) is 0. The molecule has 1 nitrogen and oxygen atoms in total. The molecule has 0 saturated carbocycles. The van der Waals surface area contributed by atoms with Crippen LogP contribution < -0.4 is 5.22 Å². The zero-order valence-corrected chi connectivity index (χ0v) is 29.6. The van der Waals surface area contributed by atoms with Crippen LogP contribution in [0.1, 0.15) is 82.5 Å². The number of halogens is 2. The molecule has 0 aliphatic heterocycles. The van der Waals surface area contributed by atoms with Crippen molar-refractivity contribution in [2.75, 3.05) is 0 Å². The SMILES string of the molecule is CC=c1ccc2cc3c4c(c(-c5ccc(C(C)c6ccccc6C)cc5)nc3c3ccc(C)c1c23)C1CC4c2cc(Br)c(Br)cc21. The molecule has 6 aromatic carbocycles. The van der Waals surface area contributed by atoms with E-state index in [1.165, 1.54) is 82.2 Å². The molecule has 7 aromatic rings. The van der Waals surface area contributed by atoms with Gasteiger partial charge in [-0.15, -0.1) is 0 Å². The smallest absolute Gasteiger partial charge is 0.0791 e. The molecule has 1 heterocycles. The number of nitrogens with zero attached hydrogens (tertiary/aromatic N) is 1. The first kappa shape index (κ1) is 28.4. The van der Waals surface area contributed by atoms with E-state index in [4.69, 9.17) is 4.98 Å². The van der Waals surface area contributed by atoms with Gasteiger partial charge in [-0.2, -0.15) is 0 Å². The van der Waals surface area contributed by atoms with E-state index < -0.39 is 0 Å². The van der Waals surface area contributed by atoms with E-state index in [2.05, 4.69) is 157 Å². The zero-order valence-electron chi connectivity index (χ0n) is 26.4. The molecule has 2 aliphatic rings. The third-order valence-electron chi connectivity index (χ3n) is 11.0. The quantitative estimate of drug-likeness (QED) is 0.131. The minimum atomic E-state index is 0.327. The second kappa shape index (κ2) is 10.4. The van der Waals surface area contributed by atoms with Crippen LogP contribution in [0, 0.1) is 13.8 Å². The first-order chi connectivity index (χ1) is 22.3. The molecular formula is C43H33Br2N. The van der Waals surface area contributed by atoms with Crippen LogP contribution in [0.15, 0.2) is 99.9 Å². The number of hydrogen-bond acceptors (Lipinski definition) is 1. The fraction of sp³-hybridized carbons (Fsp3) is 0.186. The van der Waals surface area contributed by atoms with Gasteiger partial charge in [0.15, 0.2) is 0 Å². The maximum Gasteiger partial charge on any atom is 0.0791 e. The van der Waals surface area contributed by atoms with Crippen molar-refractivity contribution in [3.05, 3.63) is 150 Å². The van der Waals surface area contributed by atoms with Crippen LogP contribution in [-0.4, -0.2) is 4.98 Å². The zero-order chi connectivity index (χ0) is 31.4. The molecule has 0 spiro atoms. The lowest BCUT2D eigenvalue weighted by molar-refractivity contribution is 0.797. The number of aromatic nitrogens is 1. The number of pyridine rings is 1. The highest BCUT2D eigenvalue weighted by Crippen LogP contribution is 2.61. The Kier molecular flexibility index (Phi) is 6.40. The third kappa shape index (κ3) is 3.94. The largest absolute Gasteiger partial charge is 0.247 e. The van der Waals surface area contributed by atoms with Gasteiger partial charge in [0, 0.05) is 43.0 Å². The Balaban J connectivity index is 1.33. The number of aryl methyl sites for hydroxylation is 2. The minimum absolute atomic E-state index is 0.327. The maximum absolute atomic E-state index is 5.68. The molecule has 224 valence electrons. The van der Waals surface area contributed by atoms with Gasteiger partial charge in [-0.3, -0.25) is 0 Å². The van der Waals surface area contributed by atoms with Gasteiger partial charge in [0.25, 0.3) is 0 Å². The van der Waals surface area contributed by atoms with Crippen molar-refractivity contribution >= 4 is 70.4 Å². The first-order valence-corrected chi connectivity index (χ1v) is 17.9. The van der Waals surface area contributed by atoms with Gasteiger partial charge >= 0.3 is 0 Å². The van der Waals surface area contributed by atoms with Gasteiger partial charge in [-0.25, -0.2) is 4.98 Å². The van der Waals surface area contributed by atoms with Crippen LogP contribution in [0.25, 0.3) is 49.8 Å². The van der Waals surface area contributed by atoms with Crippen LogP contribution in [-0.2, 0) is 0 Å². The summed E-state index contributed by atoms with van der Waals surface area (Å²) in [6.45, 7) is 8.90. The molecule has 3 heteroatoms. The molecule has 1 aromatic heterocycles. The summed E-state index contributed by atoms with van der Waals surface area (Å²) >= 11 is 7.63. The highest BCUT2D eigenvalue weighted by Gasteiger charge is 2.45. The second-order valence-corrected chi connectivity index (χ2v) is 15.1. The standard InChI is InChI=1S/C43H33Br2N/c1-5-25-11-16-28-18-35-40-33-19-34(32-21-37(45)36(44)20-31(32)33)41(40)42(46-43(35)30-17-10-23(3)38(25)39(28)30)27-14-12-26(13-15-27)24(4)29-9-7-6-8-22(29)2/h5-18,20-21,24,33-34H,19H2,1-4H3. The van der Waals surface area contributed by atoms with Gasteiger partial charge in [-0.05, 0) is 143 Å². The van der Waals surface area contributed by atoms with E-state index in [1.807, 2.05) is 0 Å². The van der Waals surface area contributed by atoms with Crippen molar-refractivity contribution in [2.45, 2.75) is 51.9 Å². The van der Waals surface area contributed by atoms with E-state index in [1.54, 1.807) is 0 Å². The van der Waals surface area contributed by atoms with Crippen LogP contribution in [0.4, 0.5) is 0 Å². The normalized spacial score (nSPS) is 17.7. The van der Waals surface area contributed by atoms with Crippen molar-refractivity contribution in [2.24, 2.45) is 0 Å². The first-order valence-electron chi connectivity index (χ1n) is 16.3. The summed E-state index contributed by atoms with van der Waals surface area (Å²) in [4.78, 5) is 5.68. The summed E-state index contributed by atoms with van der Waals surface area (Å²) in [7, 11) is 0. The average Bonchev–Trinajstić information content (AvgIpc) is 3.63. The van der Waals surface area contributed by atoms with Gasteiger partial charge in [-0.1, -0.05) is 85.8 Å². The van der Waals surface area contributed by atoms with Gasteiger partial charge in [0.1, 0.15) is 0 Å². The molecule has 0 amide bonds. The predicted molar refractivity (Wildman–Crippen MR) is 201 cm³/mol. The Morgan fingerprint density at radius 2 is 1.46 bits per heavy atom. The van der Waals surface area contributed by atoms with Crippen molar-refractivity contribution < 1.29 is 0 Å². The Morgan fingerprint density at radius 3 is 2.17 bits per heavy atom. The van der Waals surface area contributed by atoms with Crippen molar-refractivity contribution in [3.63, 3.8) is 0 Å². The summed E-state index contributed by atoms with van der Waals surface area (Å²) in [5.41, 5.74) is 14.6. The summed E-state index contributed by atoms with van der Waals surface area (Å²) in [6.07, 6.45) is 3.34. The molecule has 2 aliphatic carbocycles. The molecule has 9 rings (SSSR count). The molecular weight excluding hydrogens is 690 g/mol. The summed E-state index contributed by atoms with van der Waals surface area (Å²) in [5.74, 6) is 1.02. The highest BCUT2D eigenvalue weighted by molar-refractivity contribution is 9.13. The Bertz CT molecular complexity index is 2470. The minimum Gasteiger partial charge on any atom is -0.247 e. The van der Waals surface area contributed by atoms with Gasteiger partial charge < -0.3 is 0 Å². The predicted octanol–water partition coefficient (Wildman–Crippen LogP) is 12.0. The van der Waals surface area contributed by atoms with Crippen LogP contribution in [0.3, 0.4) is 0 Å². The Labute approximate surface area is 286 Å². The lowest BCUT2D eigenvalue weighted by Gasteiger charge is -2.25. The third-order valence-corrected chi connectivity index (χ3v) is 12.8. The topological polar surface area (TPSA) is 12.9 Å². The monoisotopic (exact) mass is 721 g/mol. The van der Waals surface area contributed by atoms with E-state index in [9.17, 15) is 0 Å². The highest BCUT2D eigenvalue weighted by atomic mass is 79.9. The van der Waals surface area contributed by atoms with Crippen molar-refractivity contribution in [1.82, 2.24) is 4.98 Å².